The van der Waals surface area contributed by atoms with Crippen molar-refractivity contribution in [1.29, 1.82) is 0 Å². The van der Waals surface area contributed by atoms with Crippen LogP contribution in [-0.2, 0) is 36.9 Å². The molecule has 2 rings (SSSR count). The van der Waals surface area contributed by atoms with E-state index in [9.17, 15) is 24.0 Å². The van der Waals surface area contributed by atoms with Gasteiger partial charge in [-0.25, -0.2) is 4.79 Å². The van der Waals surface area contributed by atoms with Crippen LogP contribution in [0.5, 0.6) is 0 Å². The molecule has 2 aromatic rings. The fourth-order valence-electron chi connectivity index (χ4n) is 3.17. The monoisotopic (exact) mass is 452 g/mol. The van der Waals surface area contributed by atoms with E-state index in [4.69, 9.17) is 4.74 Å². The van der Waals surface area contributed by atoms with Gasteiger partial charge in [0, 0.05) is 6.42 Å². The van der Waals surface area contributed by atoms with Crippen LogP contribution in [0.2, 0.25) is 0 Å². The number of aldehydes is 1. The smallest absolute Gasteiger partial charge is 0.408 e. The van der Waals surface area contributed by atoms with Crippen molar-refractivity contribution in [3.63, 3.8) is 0 Å². The Hall–Kier alpha value is -3.81. The maximum Gasteiger partial charge on any atom is 0.408 e. The van der Waals surface area contributed by atoms with Gasteiger partial charge >= 0.3 is 6.09 Å². The SMILES string of the molecule is CC(C)C[C@H](NC(=O)[C@H](Cc1ccccc1)NC(=O)OCc1ccccc1)C(=O)C(=O)C=O. The zero-order valence-electron chi connectivity index (χ0n) is 18.7. The third-order valence-electron chi connectivity index (χ3n) is 4.79. The van der Waals surface area contributed by atoms with Crippen LogP contribution in [0, 0.1) is 5.92 Å². The molecule has 0 radical (unpaired) electrons. The number of Topliss-reactive ketones (excluding diaryl/α,β-unsaturated/α-hetero) is 2. The lowest BCUT2D eigenvalue weighted by atomic mass is 9.97. The van der Waals surface area contributed by atoms with Crippen molar-refractivity contribution >= 4 is 29.9 Å². The summed E-state index contributed by atoms with van der Waals surface area (Å²) in [5.74, 6) is -2.89. The minimum atomic E-state index is -1.21. The average molecular weight is 453 g/mol. The van der Waals surface area contributed by atoms with Crippen molar-refractivity contribution in [3.05, 3.63) is 71.8 Å². The lowest BCUT2D eigenvalue weighted by molar-refractivity contribution is -0.142. The summed E-state index contributed by atoms with van der Waals surface area (Å²) in [6.45, 7) is 3.66. The number of ether oxygens (including phenoxy) is 1. The Kier molecular flexibility index (Phi) is 9.95. The van der Waals surface area contributed by atoms with Gasteiger partial charge in [0.25, 0.3) is 5.78 Å². The Morgan fingerprint density at radius 2 is 1.42 bits per heavy atom. The predicted octanol–water partition coefficient (Wildman–Crippen LogP) is 2.39. The molecule has 0 saturated carbocycles. The third-order valence-corrected chi connectivity index (χ3v) is 4.79. The number of benzene rings is 2. The Morgan fingerprint density at radius 3 is 1.97 bits per heavy atom. The first-order chi connectivity index (χ1) is 15.8. The van der Waals surface area contributed by atoms with Crippen LogP contribution in [0.1, 0.15) is 31.4 Å². The summed E-state index contributed by atoms with van der Waals surface area (Å²) in [7, 11) is 0. The van der Waals surface area contributed by atoms with E-state index in [0.717, 1.165) is 11.1 Å². The molecule has 8 heteroatoms. The van der Waals surface area contributed by atoms with Gasteiger partial charge in [0.2, 0.25) is 11.7 Å². The first kappa shape index (κ1) is 25.5. The second-order valence-corrected chi connectivity index (χ2v) is 7.99. The van der Waals surface area contributed by atoms with E-state index >= 15 is 0 Å². The summed E-state index contributed by atoms with van der Waals surface area (Å²) in [5, 5.41) is 5.06. The number of rotatable bonds is 12. The number of amides is 2. The Labute approximate surface area is 192 Å². The highest BCUT2D eigenvalue weighted by atomic mass is 16.5. The number of hydrogen-bond acceptors (Lipinski definition) is 6. The highest BCUT2D eigenvalue weighted by Gasteiger charge is 2.30. The first-order valence-electron chi connectivity index (χ1n) is 10.6. The van der Waals surface area contributed by atoms with Crippen molar-refractivity contribution < 1.29 is 28.7 Å². The quantitative estimate of drug-likeness (QED) is 0.290. The van der Waals surface area contributed by atoms with Crippen molar-refractivity contribution in [2.45, 2.75) is 45.4 Å². The Bertz CT molecular complexity index is 959. The zero-order chi connectivity index (χ0) is 24.2. The molecule has 0 fully saturated rings. The molecule has 0 aliphatic rings. The molecular formula is C25H28N2O6. The van der Waals surface area contributed by atoms with Gasteiger partial charge in [-0.05, 0) is 23.5 Å². The van der Waals surface area contributed by atoms with Gasteiger partial charge in [-0.1, -0.05) is 74.5 Å². The topological polar surface area (TPSA) is 119 Å². The summed E-state index contributed by atoms with van der Waals surface area (Å²) in [6.07, 6.45) is -0.564. The van der Waals surface area contributed by atoms with E-state index in [-0.39, 0.29) is 31.7 Å². The van der Waals surface area contributed by atoms with Crippen LogP contribution in [0.25, 0.3) is 0 Å². The van der Waals surface area contributed by atoms with Gasteiger partial charge in [0.15, 0.2) is 6.29 Å². The minimum Gasteiger partial charge on any atom is -0.445 e. The average Bonchev–Trinajstić information content (AvgIpc) is 2.82. The molecule has 33 heavy (non-hydrogen) atoms. The van der Waals surface area contributed by atoms with Crippen LogP contribution in [-0.4, -0.2) is 41.9 Å². The molecule has 0 aromatic heterocycles. The highest BCUT2D eigenvalue weighted by molar-refractivity contribution is 6.59. The molecule has 2 atom stereocenters. The molecule has 174 valence electrons. The number of carbonyl (C=O) groups is 5. The molecule has 0 bridgehead atoms. The molecule has 0 aliphatic heterocycles. The molecule has 0 aliphatic carbocycles. The van der Waals surface area contributed by atoms with Crippen LogP contribution < -0.4 is 10.6 Å². The maximum atomic E-state index is 13.0. The van der Waals surface area contributed by atoms with Crippen molar-refractivity contribution in [2.75, 3.05) is 0 Å². The van der Waals surface area contributed by atoms with E-state index in [1.165, 1.54) is 0 Å². The van der Waals surface area contributed by atoms with E-state index in [0.29, 0.717) is 0 Å². The lowest BCUT2D eigenvalue weighted by Gasteiger charge is -2.23. The van der Waals surface area contributed by atoms with E-state index < -0.39 is 35.7 Å². The first-order valence-corrected chi connectivity index (χ1v) is 10.6. The van der Waals surface area contributed by atoms with Gasteiger partial charge in [0.1, 0.15) is 12.6 Å². The van der Waals surface area contributed by atoms with Gasteiger partial charge in [-0.3, -0.25) is 19.2 Å². The van der Waals surface area contributed by atoms with Crippen molar-refractivity contribution in [2.24, 2.45) is 5.92 Å². The van der Waals surface area contributed by atoms with E-state index in [1.807, 2.05) is 38.1 Å². The Morgan fingerprint density at radius 1 is 0.848 bits per heavy atom. The van der Waals surface area contributed by atoms with Crippen LogP contribution in [0.4, 0.5) is 4.79 Å². The minimum absolute atomic E-state index is 0.0225. The van der Waals surface area contributed by atoms with Gasteiger partial charge < -0.3 is 15.4 Å². The molecular weight excluding hydrogens is 424 g/mol. The summed E-state index contributed by atoms with van der Waals surface area (Å²) in [4.78, 5) is 60.1. The number of nitrogens with one attached hydrogen (secondary N) is 2. The maximum absolute atomic E-state index is 13.0. The number of ketones is 2. The number of carbonyl (C=O) groups excluding carboxylic acids is 5. The van der Waals surface area contributed by atoms with Crippen LogP contribution >= 0.6 is 0 Å². The van der Waals surface area contributed by atoms with Crippen molar-refractivity contribution in [3.8, 4) is 0 Å². The molecule has 2 N–H and O–H groups in total. The zero-order valence-corrected chi connectivity index (χ0v) is 18.7. The second-order valence-electron chi connectivity index (χ2n) is 7.99. The van der Waals surface area contributed by atoms with Crippen molar-refractivity contribution in [1.82, 2.24) is 10.6 Å². The summed E-state index contributed by atoms with van der Waals surface area (Å²) in [5.41, 5.74) is 1.56. The fraction of sp³-hybridized carbons (Fsp3) is 0.320. The number of alkyl carbamates (subject to hydrolysis) is 1. The molecule has 0 heterocycles. The van der Waals surface area contributed by atoms with E-state index in [2.05, 4.69) is 10.6 Å². The van der Waals surface area contributed by atoms with Crippen LogP contribution in [0.3, 0.4) is 0 Å². The third kappa shape index (κ3) is 8.68. The molecule has 0 unspecified atom stereocenters. The lowest BCUT2D eigenvalue weighted by Crippen LogP contribution is -2.53. The van der Waals surface area contributed by atoms with Gasteiger partial charge in [-0.2, -0.15) is 0 Å². The summed E-state index contributed by atoms with van der Waals surface area (Å²) < 4.78 is 5.22. The fourth-order valence-corrected chi connectivity index (χ4v) is 3.17. The van der Waals surface area contributed by atoms with E-state index in [1.54, 1.807) is 36.4 Å². The molecule has 8 nitrogen and oxygen atoms in total. The summed E-state index contributed by atoms with van der Waals surface area (Å²) >= 11 is 0. The number of hydrogen-bond donors (Lipinski definition) is 2. The molecule has 0 spiro atoms. The molecule has 0 saturated heterocycles. The molecule has 2 amide bonds. The standard InChI is InChI=1S/C25H28N2O6/c1-17(2)13-20(23(30)22(29)15-28)26-24(31)21(14-18-9-5-3-6-10-18)27-25(32)33-16-19-11-7-4-8-12-19/h3-12,15,17,20-21H,13-14,16H2,1-2H3,(H,26,31)(H,27,32)/t20-,21-/m0/s1. The second kappa shape index (κ2) is 12.9. The van der Waals surface area contributed by atoms with Gasteiger partial charge in [-0.15, -0.1) is 0 Å². The Balaban J connectivity index is 2.13. The normalized spacial score (nSPS) is 12.3. The predicted molar refractivity (Wildman–Crippen MR) is 121 cm³/mol. The highest BCUT2D eigenvalue weighted by Crippen LogP contribution is 2.09. The summed E-state index contributed by atoms with van der Waals surface area (Å²) in [6, 6.07) is 15.8. The van der Waals surface area contributed by atoms with Gasteiger partial charge in [0.05, 0.1) is 6.04 Å². The largest absolute Gasteiger partial charge is 0.445 e. The molecule has 2 aromatic carbocycles. The van der Waals surface area contributed by atoms with Crippen LogP contribution in [0.15, 0.2) is 60.7 Å².